The Bertz CT molecular complexity index is 1170. The molecule has 1 aromatic rings. The van der Waals surface area contributed by atoms with Gasteiger partial charge in [0.15, 0.2) is 0 Å². The molecule has 5 fully saturated rings. The molecule has 42 heavy (non-hydrogen) atoms. The quantitative estimate of drug-likeness (QED) is 0.383. The second-order valence-corrected chi connectivity index (χ2v) is 14.5. The van der Waals surface area contributed by atoms with Crippen LogP contribution in [0.15, 0.2) is 30.3 Å². The first-order chi connectivity index (χ1) is 19.9. The molecule has 8 nitrogen and oxygen atoms in total. The molecule has 2 heterocycles. The predicted molar refractivity (Wildman–Crippen MR) is 163 cm³/mol. The van der Waals surface area contributed by atoms with Crippen molar-refractivity contribution >= 4 is 19.1 Å². The van der Waals surface area contributed by atoms with E-state index in [1.165, 1.54) is 6.42 Å². The Balaban J connectivity index is 1.22. The molecular formula is C33H49BN4O4. The van der Waals surface area contributed by atoms with Crippen molar-refractivity contribution in [3.8, 4) is 6.07 Å². The van der Waals surface area contributed by atoms with Gasteiger partial charge in [-0.3, -0.25) is 4.79 Å². The highest BCUT2D eigenvalue weighted by Crippen LogP contribution is 2.65. The molecule has 6 rings (SSSR count). The zero-order valence-electron chi connectivity index (χ0n) is 26.3. The monoisotopic (exact) mass is 576 g/mol. The number of hydrogen-bond acceptors (Lipinski definition) is 5. The smallest absolute Gasteiger partial charge is 0.404 e. The van der Waals surface area contributed by atoms with Gasteiger partial charge in [0, 0.05) is 19.1 Å². The minimum Gasteiger partial charge on any atom is -0.404 e. The fourth-order valence-corrected chi connectivity index (χ4v) is 8.41. The predicted octanol–water partition coefficient (Wildman–Crippen LogP) is 4.98. The third kappa shape index (κ3) is 5.94. The summed E-state index contributed by atoms with van der Waals surface area (Å²) in [6, 6.07) is 12.0. The number of hydrogen-bond donors (Lipinski definition) is 2. The molecule has 2 N–H and O–H groups in total. The average molecular weight is 577 g/mol. The van der Waals surface area contributed by atoms with Crippen molar-refractivity contribution in [3.05, 3.63) is 35.9 Å². The highest BCUT2D eigenvalue weighted by Gasteiger charge is 2.68. The van der Waals surface area contributed by atoms with Crippen LogP contribution in [0.5, 0.6) is 0 Å². The van der Waals surface area contributed by atoms with Crippen molar-refractivity contribution in [1.29, 1.82) is 5.26 Å². The van der Waals surface area contributed by atoms with E-state index >= 15 is 0 Å². The van der Waals surface area contributed by atoms with E-state index in [2.05, 4.69) is 63.5 Å². The van der Waals surface area contributed by atoms with Crippen LogP contribution in [0.25, 0.3) is 0 Å². The molecule has 8 atom stereocenters. The van der Waals surface area contributed by atoms with Gasteiger partial charge in [0.2, 0.25) is 5.91 Å². The summed E-state index contributed by atoms with van der Waals surface area (Å²) in [7, 11) is -0.538. The van der Waals surface area contributed by atoms with E-state index in [1.807, 2.05) is 30.0 Å². The van der Waals surface area contributed by atoms with Crippen LogP contribution in [0, 0.1) is 46.3 Å². The summed E-state index contributed by atoms with van der Waals surface area (Å²) in [4.78, 5) is 28.5. The molecule has 3 amide bonds. The van der Waals surface area contributed by atoms with Gasteiger partial charge in [-0.25, -0.2) is 4.79 Å². The van der Waals surface area contributed by atoms with Gasteiger partial charge in [-0.05, 0) is 80.1 Å². The molecule has 2 bridgehead atoms. The summed E-state index contributed by atoms with van der Waals surface area (Å²) < 4.78 is 13.3. The summed E-state index contributed by atoms with van der Waals surface area (Å²) in [6.45, 7) is 14.1. The number of urea groups is 1. The van der Waals surface area contributed by atoms with Crippen molar-refractivity contribution in [2.24, 2.45) is 35.0 Å². The molecule has 0 spiro atoms. The van der Waals surface area contributed by atoms with E-state index in [4.69, 9.17) is 9.31 Å². The summed E-state index contributed by atoms with van der Waals surface area (Å²) in [6.07, 6.45) is 5.30. The van der Waals surface area contributed by atoms with Crippen LogP contribution in [0.3, 0.4) is 0 Å². The van der Waals surface area contributed by atoms with Gasteiger partial charge in [-0.2, -0.15) is 5.26 Å². The average Bonchev–Trinajstić information content (AvgIpc) is 3.55. The second kappa shape index (κ2) is 12.2. The van der Waals surface area contributed by atoms with E-state index in [1.54, 1.807) is 0 Å². The molecule has 9 heteroatoms. The van der Waals surface area contributed by atoms with Crippen molar-refractivity contribution in [2.75, 3.05) is 13.1 Å². The maximum Gasteiger partial charge on any atom is 0.482 e. The lowest BCUT2D eigenvalue weighted by Crippen LogP contribution is -2.65. The topological polar surface area (TPSA) is 104 Å². The van der Waals surface area contributed by atoms with Gasteiger partial charge in [0.25, 0.3) is 0 Å². The van der Waals surface area contributed by atoms with Gasteiger partial charge in [-0.1, -0.05) is 65.0 Å². The number of nitriles is 1. The molecule has 3 aliphatic carbocycles. The lowest BCUT2D eigenvalue weighted by molar-refractivity contribution is -0.199. The lowest BCUT2D eigenvalue weighted by Gasteiger charge is -2.64. The third-order valence-corrected chi connectivity index (χ3v) is 10.9. The van der Waals surface area contributed by atoms with Crippen molar-refractivity contribution in [2.45, 2.75) is 104 Å². The maximum atomic E-state index is 13.4. The third-order valence-electron chi connectivity index (χ3n) is 10.9. The summed E-state index contributed by atoms with van der Waals surface area (Å²) in [5.74, 6) is 0.373. The lowest BCUT2D eigenvalue weighted by atomic mass is 9.43. The van der Waals surface area contributed by atoms with Gasteiger partial charge >= 0.3 is 13.1 Å². The number of nitrogens with one attached hydrogen (secondary N) is 2. The summed E-state index contributed by atoms with van der Waals surface area (Å²) >= 11 is 0. The van der Waals surface area contributed by atoms with E-state index in [0.717, 1.165) is 31.2 Å². The summed E-state index contributed by atoms with van der Waals surface area (Å²) in [5.41, 5.74) is 0.987. The van der Waals surface area contributed by atoms with Crippen LogP contribution in [0.1, 0.15) is 79.2 Å². The molecule has 228 valence electrons. The van der Waals surface area contributed by atoms with Gasteiger partial charge < -0.3 is 24.8 Å². The van der Waals surface area contributed by atoms with Crippen LogP contribution in [-0.4, -0.2) is 60.7 Å². The number of rotatable bonds is 10. The number of benzene rings is 1. The zero-order chi connectivity index (χ0) is 30.2. The first kappa shape index (κ1) is 30.9. The zero-order valence-corrected chi connectivity index (χ0v) is 26.3. The Hall–Kier alpha value is -2.57. The fraction of sp³-hybridized carbons (Fsp3) is 0.727. The molecule has 2 saturated heterocycles. The molecule has 2 aliphatic heterocycles. The minimum atomic E-state index is -0.658. The molecule has 0 aromatic heterocycles. The normalized spacial score (nSPS) is 31.5. The maximum absolute atomic E-state index is 13.4. The van der Waals surface area contributed by atoms with Crippen LogP contribution in [-0.2, 0) is 20.5 Å². The number of carbonyl (C=O) groups excluding carboxylic acids is 2. The number of likely N-dealkylation sites (tertiary alicyclic amines) is 1. The Morgan fingerprint density at radius 1 is 1.17 bits per heavy atom. The Kier molecular flexibility index (Phi) is 8.97. The van der Waals surface area contributed by atoms with Crippen LogP contribution >= 0.6 is 0 Å². The highest BCUT2D eigenvalue weighted by molar-refractivity contribution is 6.48. The minimum absolute atomic E-state index is 0.00721. The van der Waals surface area contributed by atoms with Crippen molar-refractivity contribution in [3.63, 3.8) is 0 Å². The Labute approximate surface area is 252 Å². The SMILES string of the molecule is CC(C)CC(C)C(C#N)C(=O)N1CCC[C@H]1CNC(=O)N[C@@H](Cc1ccccc1)B1O[C@@H]2C[C@@H]3C[C@@H](C3(C)C)[C@]2(C)O1. The Morgan fingerprint density at radius 3 is 2.57 bits per heavy atom. The molecule has 3 saturated carbocycles. The van der Waals surface area contributed by atoms with Crippen molar-refractivity contribution < 1.29 is 18.9 Å². The number of nitrogens with zero attached hydrogens (tertiary/aromatic N) is 2. The van der Waals surface area contributed by atoms with Crippen LogP contribution < -0.4 is 10.6 Å². The van der Waals surface area contributed by atoms with Crippen molar-refractivity contribution in [1.82, 2.24) is 15.5 Å². The van der Waals surface area contributed by atoms with E-state index in [9.17, 15) is 14.9 Å². The first-order valence-corrected chi connectivity index (χ1v) is 16.1. The largest absolute Gasteiger partial charge is 0.482 e. The molecule has 0 radical (unpaired) electrons. The van der Waals surface area contributed by atoms with E-state index < -0.39 is 13.0 Å². The fourth-order valence-electron chi connectivity index (χ4n) is 8.41. The van der Waals surface area contributed by atoms with Gasteiger partial charge in [0.1, 0.15) is 5.92 Å². The number of carbonyl (C=O) groups is 2. The van der Waals surface area contributed by atoms with E-state index in [0.29, 0.717) is 37.3 Å². The van der Waals surface area contributed by atoms with E-state index in [-0.39, 0.29) is 47.0 Å². The van der Waals surface area contributed by atoms with Crippen LogP contribution in [0.2, 0.25) is 0 Å². The molecular weight excluding hydrogens is 527 g/mol. The standard InChI is InChI=1S/C33H49BN4O4/c1-21(2)15-22(3)26(19-35)30(39)38-14-10-13-25(38)20-36-31(40)37-29(16-23-11-8-7-9-12-23)34-41-28-18-24-17-27(32(24,4)5)33(28,6)42-34/h7-9,11-12,21-22,24-29H,10,13-18,20H2,1-6H3,(H2,36,37,40)/t22?,24-,25-,26?,27-,28+,29-,33-/m0/s1. The van der Waals surface area contributed by atoms with Gasteiger partial charge in [-0.15, -0.1) is 0 Å². The second-order valence-electron chi connectivity index (χ2n) is 14.5. The molecule has 2 unspecified atom stereocenters. The molecule has 1 aromatic carbocycles. The summed E-state index contributed by atoms with van der Waals surface area (Å²) in [5, 5.41) is 16.0. The first-order valence-electron chi connectivity index (χ1n) is 16.1. The molecule has 5 aliphatic rings. The van der Waals surface area contributed by atoms with Crippen LogP contribution in [0.4, 0.5) is 4.79 Å². The number of amides is 3. The highest BCUT2D eigenvalue weighted by atomic mass is 16.7. The Morgan fingerprint density at radius 2 is 1.90 bits per heavy atom. The van der Waals surface area contributed by atoms with Gasteiger partial charge in [0.05, 0.1) is 23.7 Å².